The Balaban J connectivity index is 1.85. The number of esters is 1. The van der Waals surface area contributed by atoms with Gasteiger partial charge in [-0.1, -0.05) is 11.6 Å². The second-order valence-electron chi connectivity index (χ2n) is 4.20. The number of ether oxygens (including phenoxy) is 1. The Hall–Kier alpha value is -1.88. The molecule has 19 heavy (non-hydrogen) atoms. The van der Waals surface area contributed by atoms with Crippen molar-refractivity contribution in [1.82, 2.24) is 5.32 Å². The average molecular weight is 282 g/mol. The van der Waals surface area contributed by atoms with Gasteiger partial charge in [-0.2, -0.15) is 0 Å². The maximum absolute atomic E-state index is 11.7. The minimum atomic E-state index is -0.634. The lowest BCUT2D eigenvalue weighted by atomic mass is 10.1. The van der Waals surface area contributed by atoms with E-state index in [2.05, 4.69) is 5.32 Å². The van der Waals surface area contributed by atoms with E-state index >= 15 is 0 Å². The maximum Gasteiger partial charge on any atom is 0.329 e. The van der Waals surface area contributed by atoms with Gasteiger partial charge in [0.05, 0.1) is 0 Å². The first-order chi connectivity index (χ1) is 9.06. The number of Topliss-reactive ketones (excluding diaryl/α,β-unsaturated/α-hetero) is 1. The standard InChI is InChI=1S/C13H12ClNO4/c14-9-3-1-8(2-4-9)11(16)7-19-13(18)10-5-6-12(17)15-10/h1-4,10H,5-7H2,(H,15,17). The van der Waals surface area contributed by atoms with Crippen LogP contribution in [0, 0.1) is 0 Å². The fourth-order valence-corrected chi connectivity index (χ4v) is 1.87. The molecule has 1 fully saturated rings. The molecule has 0 aromatic heterocycles. The average Bonchev–Trinajstić information content (AvgIpc) is 2.83. The zero-order chi connectivity index (χ0) is 13.8. The van der Waals surface area contributed by atoms with E-state index in [9.17, 15) is 14.4 Å². The zero-order valence-corrected chi connectivity index (χ0v) is 10.8. The summed E-state index contributed by atoms with van der Waals surface area (Å²) in [4.78, 5) is 34.3. The second kappa shape index (κ2) is 5.84. The second-order valence-corrected chi connectivity index (χ2v) is 4.63. The van der Waals surface area contributed by atoms with Crippen molar-refractivity contribution in [2.24, 2.45) is 0 Å². The number of carbonyl (C=O) groups excluding carboxylic acids is 3. The summed E-state index contributed by atoms with van der Waals surface area (Å²) in [7, 11) is 0. The molecule has 0 radical (unpaired) electrons. The number of rotatable bonds is 4. The molecule has 2 rings (SSSR count). The molecule has 1 N–H and O–H groups in total. The molecule has 1 saturated heterocycles. The zero-order valence-electron chi connectivity index (χ0n) is 10.0. The van der Waals surface area contributed by atoms with Crippen LogP contribution in [0.4, 0.5) is 0 Å². The van der Waals surface area contributed by atoms with E-state index in [1.54, 1.807) is 24.3 Å². The highest BCUT2D eigenvalue weighted by Gasteiger charge is 2.28. The van der Waals surface area contributed by atoms with E-state index in [1.807, 2.05) is 0 Å². The van der Waals surface area contributed by atoms with Crippen molar-refractivity contribution in [3.63, 3.8) is 0 Å². The number of amides is 1. The molecule has 1 aliphatic heterocycles. The molecule has 1 heterocycles. The van der Waals surface area contributed by atoms with Crippen LogP contribution < -0.4 is 5.32 Å². The van der Waals surface area contributed by atoms with Crippen LogP contribution in [-0.2, 0) is 14.3 Å². The number of nitrogens with one attached hydrogen (secondary N) is 1. The molecule has 5 nitrogen and oxygen atoms in total. The molecule has 100 valence electrons. The van der Waals surface area contributed by atoms with E-state index in [-0.39, 0.29) is 18.3 Å². The summed E-state index contributed by atoms with van der Waals surface area (Å²) < 4.78 is 4.88. The molecule has 0 spiro atoms. The third kappa shape index (κ3) is 3.54. The summed E-state index contributed by atoms with van der Waals surface area (Å²) in [5.41, 5.74) is 0.424. The van der Waals surface area contributed by atoms with Gasteiger partial charge in [-0.15, -0.1) is 0 Å². The first kappa shape index (κ1) is 13.5. The normalized spacial score (nSPS) is 17.9. The highest BCUT2D eigenvalue weighted by Crippen LogP contribution is 2.11. The summed E-state index contributed by atoms with van der Waals surface area (Å²) in [6, 6.07) is 5.68. The van der Waals surface area contributed by atoms with Crippen molar-refractivity contribution in [2.75, 3.05) is 6.61 Å². The molecule has 1 unspecified atom stereocenters. The van der Waals surface area contributed by atoms with Gasteiger partial charge in [0.1, 0.15) is 6.04 Å². The fourth-order valence-electron chi connectivity index (χ4n) is 1.75. The predicted octanol–water partition coefficient (Wildman–Crippen LogP) is 1.34. The summed E-state index contributed by atoms with van der Waals surface area (Å²) in [5.74, 6) is -1.06. The van der Waals surface area contributed by atoms with Gasteiger partial charge < -0.3 is 10.1 Å². The van der Waals surface area contributed by atoms with Gasteiger partial charge in [-0.3, -0.25) is 9.59 Å². The Labute approximate surface area is 114 Å². The maximum atomic E-state index is 11.7. The molecular weight excluding hydrogens is 270 g/mol. The summed E-state index contributed by atoms with van der Waals surface area (Å²) in [6.45, 7) is -0.340. The topological polar surface area (TPSA) is 72.5 Å². The van der Waals surface area contributed by atoms with Crippen molar-refractivity contribution in [1.29, 1.82) is 0 Å². The van der Waals surface area contributed by atoms with E-state index in [1.165, 1.54) is 0 Å². The van der Waals surface area contributed by atoms with Crippen LogP contribution in [0.3, 0.4) is 0 Å². The van der Waals surface area contributed by atoms with Gasteiger partial charge in [0.25, 0.3) is 0 Å². The van der Waals surface area contributed by atoms with E-state index in [4.69, 9.17) is 16.3 Å². The van der Waals surface area contributed by atoms with Gasteiger partial charge in [0, 0.05) is 17.0 Å². The highest BCUT2D eigenvalue weighted by atomic mass is 35.5. The van der Waals surface area contributed by atoms with Crippen LogP contribution in [0.25, 0.3) is 0 Å². The third-order valence-corrected chi connectivity index (χ3v) is 3.04. The summed E-state index contributed by atoms with van der Waals surface area (Å²) in [6.07, 6.45) is 0.720. The number of ketones is 1. The van der Waals surface area contributed by atoms with Crippen LogP contribution in [0.1, 0.15) is 23.2 Å². The molecule has 1 aromatic carbocycles. The van der Waals surface area contributed by atoms with E-state index in [0.717, 1.165) is 0 Å². The van der Waals surface area contributed by atoms with Crippen molar-refractivity contribution in [3.05, 3.63) is 34.9 Å². The predicted molar refractivity (Wildman–Crippen MR) is 67.9 cm³/mol. The third-order valence-electron chi connectivity index (χ3n) is 2.79. The van der Waals surface area contributed by atoms with Crippen LogP contribution >= 0.6 is 11.6 Å². The summed E-state index contributed by atoms with van der Waals surface area (Å²) in [5, 5.41) is 3.01. The molecule has 6 heteroatoms. The van der Waals surface area contributed by atoms with Crippen molar-refractivity contribution < 1.29 is 19.1 Å². The number of benzene rings is 1. The number of carbonyl (C=O) groups is 3. The Morgan fingerprint density at radius 1 is 1.32 bits per heavy atom. The molecule has 1 aliphatic rings. The molecule has 1 amide bonds. The van der Waals surface area contributed by atoms with Gasteiger partial charge in [-0.25, -0.2) is 4.79 Å². The minimum Gasteiger partial charge on any atom is -0.456 e. The van der Waals surface area contributed by atoms with Gasteiger partial charge >= 0.3 is 5.97 Å². The van der Waals surface area contributed by atoms with Crippen molar-refractivity contribution >= 4 is 29.3 Å². The summed E-state index contributed by atoms with van der Waals surface area (Å²) >= 11 is 5.71. The number of hydrogen-bond donors (Lipinski definition) is 1. The first-order valence-electron chi connectivity index (χ1n) is 5.81. The van der Waals surface area contributed by atoms with Crippen LogP contribution in [-0.4, -0.2) is 30.3 Å². The molecule has 0 saturated carbocycles. The van der Waals surface area contributed by atoms with Gasteiger partial charge in [0.15, 0.2) is 12.4 Å². The Morgan fingerprint density at radius 2 is 2.00 bits per heavy atom. The Kier molecular flexibility index (Phi) is 4.16. The SMILES string of the molecule is O=C1CCC(C(=O)OCC(=O)c2ccc(Cl)cc2)N1. The monoisotopic (exact) mass is 281 g/mol. The quantitative estimate of drug-likeness (QED) is 0.668. The lowest BCUT2D eigenvalue weighted by Gasteiger charge is -2.09. The molecule has 0 aliphatic carbocycles. The van der Waals surface area contributed by atoms with Gasteiger partial charge in [0.2, 0.25) is 5.91 Å². The van der Waals surface area contributed by atoms with E-state index in [0.29, 0.717) is 23.4 Å². The molecule has 0 bridgehead atoms. The van der Waals surface area contributed by atoms with E-state index < -0.39 is 12.0 Å². The van der Waals surface area contributed by atoms with Gasteiger partial charge in [-0.05, 0) is 30.7 Å². The van der Waals surface area contributed by atoms with Crippen LogP contribution in [0.15, 0.2) is 24.3 Å². The van der Waals surface area contributed by atoms with Crippen molar-refractivity contribution in [2.45, 2.75) is 18.9 Å². The highest BCUT2D eigenvalue weighted by molar-refractivity contribution is 6.30. The molecule has 1 aromatic rings. The smallest absolute Gasteiger partial charge is 0.329 e. The lowest BCUT2D eigenvalue weighted by molar-refractivity contribution is -0.145. The first-order valence-corrected chi connectivity index (χ1v) is 6.19. The van der Waals surface area contributed by atoms with Crippen LogP contribution in [0.5, 0.6) is 0 Å². The fraction of sp³-hybridized carbons (Fsp3) is 0.308. The minimum absolute atomic E-state index is 0.175. The Bertz CT molecular complexity index is 512. The van der Waals surface area contributed by atoms with Crippen LogP contribution in [0.2, 0.25) is 5.02 Å². The number of hydrogen-bond acceptors (Lipinski definition) is 4. The Morgan fingerprint density at radius 3 is 2.58 bits per heavy atom. The number of halogens is 1. The van der Waals surface area contributed by atoms with Crippen molar-refractivity contribution in [3.8, 4) is 0 Å². The molecular formula is C13H12ClNO4. The largest absolute Gasteiger partial charge is 0.456 e. The lowest BCUT2D eigenvalue weighted by Crippen LogP contribution is -2.35. The molecule has 1 atom stereocenters.